The number of benzene rings is 1. The molecule has 1 nitrogen and oxygen atoms in total. The molecular weight excluding hydrogens is 271 g/mol. The lowest BCUT2D eigenvalue weighted by Crippen LogP contribution is -2.11. The van der Waals surface area contributed by atoms with Crippen LogP contribution in [0.5, 0.6) is 0 Å². The number of halogens is 4. The molecule has 15 heavy (non-hydrogen) atoms. The Labute approximate surface area is 94.1 Å². The van der Waals surface area contributed by atoms with Crippen molar-refractivity contribution in [2.45, 2.75) is 6.18 Å². The largest absolute Gasteiger partial charge is 0.418 e. The van der Waals surface area contributed by atoms with Gasteiger partial charge in [0.1, 0.15) is 0 Å². The monoisotopic (exact) mass is 279 g/mol. The second-order valence-corrected chi connectivity index (χ2v) is 4.04. The minimum Gasteiger partial charge on any atom is -0.380 e. The van der Waals surface area contributed by atoms with E-state index in [1.807, 2.05) is 0 Å². The molecule has 0 heterocycles. The van der Waals surface area contributed by atoms with Crippen molar-refractivity contribution in [2.24, 2.45) is 0 Å². The smallest absolute Gasteiger partial charge is 0.380 e. The fourth-order valence-electron chi connectivity index (χ4n) is 1.08. The summed E-state index contributed by atoms with van der Waals surface area (Å²) in [6, 6.07) is 5.34. The summed E-state index contributed by atoms with van der Waals surface area (Å²) < 4.78 is 38.1. The van der Waals surface area contributed by atoms with Crippen molar-refractivity contribution in [1.29, 1.82) is 0 Å². The van der Waals surface area contributed by atoms with Crippen LogP contribution in [-0.2, 0) is 6.18 Å². The second-order valence-electron chi connectivity index (χ2n) is 2.91. The van der Waals surface area contributed by atoms with E-state index in [9.17, 15) is 13.2 Å². The van der Waals surface area contributed by atoms with Crippen LogP contribution in [0.3, 0.4) is 0 Å². The van der Waals surface area contributed by atoms with E-state index in [1.54, 1.807) is 6.07 Å². The van der Waals surface area contributed by atoms with Crippen molar-refractivity contribution in [3.05, 3.63) is 40.9 Å². The fraction of sp³-hybridized carbons (Fsp3) is 0.200. The molecule has 0 spiro atoms. The van der Waals surface area contributed by atoms with E-state index in [4.69, 9.17) is 0 Å². The molecule has 1 aromatic carbocycles. The average molecular weight is 280 g/mol. The SMILES string of the molecule is C=C(Br)CNc1ccccc1C(F)(F)F. The zero-order valence-corrected chi connectivity index (χ0v) is 9.32. The van der Waals surface area contributed by atoms with Crippen LogP contribution >= 0.6 is 15.9 Å². The van der Waals surface area contributed by atoms with E-state index in [2.05, 4.69) is 27.8 Å². The zero-order chi connectivity index (χ0) is 11.5. The number of hydrogen-bond donors (Lipinski definition) is 1. The fourth-order valence-corrected chi connectivity index (χ4v) is 1.22. The van der Waals surface area contributed by atoms with Crippen molar-refractivity contribution in [1.82, 2.24) is 0 Å². The van der Waals surface area contributed by atoms with Gasteiger partial charge in [-0.1, -0.05) is 34.6 Å². The van der Waals surface area contributed by atoms with Gasteiger partial charge in [0.15, 0.2) is 0 Å². The number of anilines is 1. The van der Waals surface area contributed by atoms with Gasteiger partial charge in [0, 0.05) is 16.7 Å². The van der Waals surface area contributed by atoms with Crippen LogP contribution < -0.4 is 5.32 Å². The topological polar surface area (TPSA) is 12.0 Å². The third kappa shape index (κ3) is 3.58. The molecular formula is C10H9BrF3N. The average Bonchev–Trinajstić information content (AvgIpc) is 2.13. The van der Waals surface area contributed by atoms with Crippen LogP contribution in [0.4, 0.5) is 18.9 Å². The first kappa shape index (κ1) is 12.1. The Balaban J connectivity index is 2.92. The Hall–Kier alpha value is -0.970. The minimum atomic E-state index is -4.34. The predicted molar refractivity (Wildman–Crippen MR) is 58.0 cm³/mol. The van der Waals surface area contributed by atoms with Gasteiger partial charge in [-0.05, 0) is 12.1 Å². The number of nitrogens with one attached hydrogen (secondary N) is 1. The number of alkyl halides is 3. The van der Waals surface area contributed by atoms with Gasteiger partial charge in [-0.2, -0.15) is 13.2 Å². The first-order valence-corrected chi connectivity index (χ1v) is 4.94. The van der Waals surface area contributed by atoms with E-state index in [0.717, 1.165) is 6.07 Å². The highest BCUT2D eigenvalue weighted by atomic mass is 79.9. The number of para-hydroxylation sites is 1. The highest BCUT2D eigenvalue weighted by Gasteiger charge is 2.32. The molecule has 0 fully saturated rings. The maximum Gasteiger partial charge on any atom is 0.418 e. The van der Waals surface area contributed by atoms with Crippen molar-refractivity contribution in [3.63, 3.8) is 0 Å². The van der Waals surface area contributed by atoms with Gasteiger partial charge in [0.05, 0.1) is 5.56 Å². The molecule has 0 saturated heterocycles. The molecule has 0 atom stereocenters. The summed E-state index contributed by atoms with van der Waals surface area (Å²) in [5.74, 6) is 0. The quantitative estimate of drug-likeness (QED) is 0.881. The van der Waals surface area contributed by atoms with E-state index in [0.29, 0.717) is 4.48 Å². The Kier molecular flexibility index (Phi) is 3.79. The van der Waals surface area contributed by atoms with Crippen molar-refractivity contribution < 1.29 is 13.2 Å². The normalized spacial score (nSPS) is 11.2. The summed E-state index contributed by atoms with van der Waals surface area (Å²) >= 11 is 3.07. The lowest BCUT2D eigenvalue weighted by Gasteiger charge is -2.13. The predicted octanol–water partition coefficient (Wildman–Crippen LogP) is 4.03. The van der Waals surface area contributed by atoms with E-state index in [1.165, 1.54) is 12.1 Å². The molecule has 0 aliphatic carbocycles. The third-order valence-electron chi connectivity index (χ3n) is 1.70. The van der Waals surface area contributed by atoms with Gasteiger partial charge in [-0.3, -0.25) is 0 Å². The Morgan fingerprint density at radius 3 is 2.47 bits per heavy atom. The Morgan fingerprint density at radius 1 is 1.33 bits per heavy atom. The minimum absolute atomic E-state index is 0.0607. The van der Waals surface area contributed by atoms with E-state index >= 15 is 0 Å². The van der Waals surface area contributed by atoms with Gasteiger partial charge in [-0.25, -0.2) is 0 Å². The van der Waals surface area contributed by atoms with Gasteiger partial charge >= 0.3 is 6.18 Å². The van der Waals surface area contributed by atoms with E-state index in [-0.39, 0.29) is 12.2 Å². The summed E-state index contributed by atoms with van der Waals surface area (Å²) in [5.41, 5.74) is -0.607. The molecule has 0 unspecified atom stereocenters. The molecule has 0 amide bonds. The van der Waals surface area contributed by atoms with Crippen molar-refractivity contribution in [2.75, 3.05) is 11.9 Å². The number of hydrogen-bond acceptors (Lipinski definition) is 1. The third-order valence-corrected chi connectivity index (χ3v) is 1.98. The summed E-state index contributed by atoms with van der Waals surface area (Å²) in [7, 11) is 0. The first-order valence-electron chi connectivity index (χ1n) is 4.14. The van der Waals surface area contributed by atoms with Gasteiger partial charge in [0.2, 0.25) is 0 Å². The molecule has 1 rings (SSSR count). The van der Waals surface area contributed by atoms with Crippen LogP contribution in [-0.4, -0.2) is 6.54 Å². The van der Waals surface area contributed by atoms with Gasteiger partial charge in [-0.15, -0.1) is 0 Å². The summed E-state index contributed by atoms with van der Waals surface area (Å²) in [6.07, 6.45) is -4.34. The molecule has 0 saturated carbocycles. The maximum absolute atomic E-state index is 12.5. The Morgan fingerprint density at radius 2 is 1.93 bits per heavy atom. The molecule has 1 N–H and O–H groups in total. The second kappa shape index (κ2) is 4.70. The molecule has 82 valence electrons. The van der Waals surface area contributed by atoms with Crippen LogP contribution in [0.1, 0.15) is 5.56 Å². The van der Waals surface area contributed by atoms with Crippen LogP contribution in [0.25, 0.3) is 0 Å². The molecule has 0 bridgehead atoms. The van der Waals surface area contributed by atoms with Crippen LogP contribution in [0, 0.1) is 0 Å². The van der Waals surface area contributed by atoms with E-state index < -0.39 is 11.7 Å². The van der Waals surface area contributed by atoms with Crippen molar-refractivity contribution in [3.8, 4) is 0 Å². The molecule has 0 aromatic heterocycles. The molecule has 1 aromatic rings. The van der Waals surface area contributed by atoms with Crippen LogP contribution in [0.15, 0.2) is 35.3 Å². The highest BCUT2D eigenvalue weighted by molar-refractivity contribution is 9.11. The van der Waals surface area contributed by atoms with Gasteiger partial charge in [0.25, 0.3) is 0 Å². The molecule has 5 heteroatoms. The number of rotatable bonds is 3. The highest BCUT2D eigenvalue weighted by Crippen LogP contribution is 2.34. The summed E-state index contributed by atoms with van der Waals surface area (Å²) in [5, 5.41) is 2.65. The standard InChI is InChI=1S/C10H9BrF3N/c1-7(11)6-15-9-5-3-2-4-8(9)10(12,13)14/h2-5,15H,1,6H2. The first-order chi connectivity index (χ1) is 6.91. The van der Waals surface area contributed by atoms with Crippen molar-refractivity contribution >= 4 is 21.6 Å². The summed E-state index contributed by atoms with van der Waals surface area (Å²) in [6.45, 7) is 3.79. The molecule has 0 radical (unpaired) electrons. The lowest BCUT2D eigenvalue weighted by molar-refractivity contribution is -0.136. The maximum atomic E-state index is 12.5. The van der Waals surface area contributed by atoms with Gasteiger partial charge < -0.3 is 5.32 Å². The lowest BCUT2D eigenvalue weighted by atomic mass is 10.1. The van der Waals surface area contributed by atoms with Crippen LogP contribution in [0.2, 0.25) is 0 Å². The Bertz CT molecular complexity index is 360. The zero-order valence-electron chi connectivity index (χ0n) is 7.74. The molecule has 0 aliphatic rings. The summed E-state index contributed by atoms with van der Waals surface area (Å²) in [4.78, 5) is 0. The molecule has 0 aliphatic heterocycles.